The number of para-hydroxylation sites is 1. The van der Waals surface area contributed by atoms with Crippen molar-refractivity contribution in [3.8, 4) is 11.1 Å². The molecule has 1 spiro atoms. The highest BCUT2D eigenvalue weighted by molar-refractivity contribution is 5.91. The van der Waals surface area contributed by atoms with Crippen molar-refractivity contribution in [2.75, 3.05) is 25.0 Å². The Balaban J connectivity index is 1.26. The number of amides is 1. The molecular formula is C24H28N2O4. The lowest BCUT2D eigenvalue weighted by Gasteiger charge is -2.51. The highest BCUT2D eigenvalue weighted by Gasteiger charge is 2.47. The van der Waals surface area contributed by atoms with Crippen LogP contribution in [0.5, 0.6) is 0 Å². The number of carbonyl (C=O) groups is 2. The Morgan fingerprint density at radius 1 is 1.03 bits per heavy atom. The number of carboxylic acids is 1. The van der Waals surface area contributed by atoms with Gasteiger partial charge < -0.3 is 14.7 Å². The van der Waals surface area contributed by atoms with Gasteiger partial charge in [-0.15, -0.1) is 0 Å². The molecule has 0 radical (unpaired) electrons. The van der Waals surface area contributed by atoms with Crippen LogP contribution in [0.3, 0.4) is 0 Å². The van der Waals surface area contributed by atoms with Crippen molar-refractivity contribution in [1.82, 2.24) is 4.90 Å². The molecule has 30 heavy (non-hydrogen) atoms. The summed E-state index contributed by atoms with van der Waals surface area (Å²) >= 11 is 0. The van der Waals surface area contributed by atoms with E-state index in [0.29, 0.717) is 6.54 Å². The van der Waals surface area contributed by atoms with Gasteiger partial charge >= 0.3 is 12.1 Å². The Bertz CT molecular complexity index is 883. The number of piperidine rings is 1. The van der Waals surface area contributed by atoms with Gasteiger partial charge in [0.1, 0.15) is 6.10 Å². The normalized spacial score (nSPS) is 18.5. The largest absolute Gasteiger partial charge is 0.481 e. The van der Waals surface area contributed by atoms with Crippen LogP contribution in [0.1, 0.15) is 32.1 Å². The van der Waals surface area contributed by atoms with E-state index in [1.165, 1.54) is 0 Å². The maximum absolute atomic E-state index is 12.5. The van der Waals surface area contributed by atoms with Gasteiger partial charge in [-0.1, -0.05) is 48.5 Å². The number of carboxylic acid groups (broad SMARTS) is 1. The summed E-state index contributed by atoms with van der Waals surface area (Å²) in [7, 11) is 0. The summed E-state index contributed by atoms with van der Waals surface area (Å²) in [5.41, 5.74) is 3.01. The fourth-order valence-corrected chi connectivity index (χ4v) is 4.65. The van der Waals surface area contributed by atoms with Crippen molar-refractivity contribution in [3.63, 3.8) is 0 Å². The van der Waals surface area contributed by atoms with Crippen LogP contribution in [0.15, 0.2) is 54.6 Å². The smallest absolute Gasteiger partial charge is 0.411 e. The number of carbonyl (C=O) groups excluding carboxylic acids is 1. The van der Waals surface area contributed by atoms with Gasteiger partial charge in [-0.25, -0.2) is 4.79 Å². The number of aliphatic carboxylic acids is 1. The highest BCUT2D eigenvalue weighted by Crippen LogP contribution is 2.50. The molecule has 158 valence electrons. The first-order valence-electron chi connectivity index (χ1n) is 10.6. The van der Waals surface area contributed by atoms with E-state index in [9.17, 15) is 9.59 Å². The number of rotatable bonds is 6. The average Bonchev–Trinajstić information content (AvgIpc) is 2.73. The molecule has 1 amide bonds. The average molecular weight is 408 g/mol. The van der Waals surface area contributed by atoms with Crippen LogP contribution in [0.4, 0.5) is 10.5 Å². The Labute approximate surface area is 176 Å². The van der Waals surface area contributed by atoms with Crippen molar-refractivity contribution >= 4 is 17.7 Å². The first kappa shape index (κ1) is 20.4. The summed E-state index contributed by atoms with van der Waals surface area (Å²) in [6.45, 7) is 2.47. The van der Waals surface area contributed by atoms with Crippen LogP contribution in [0, 0.1) is 5.41 Å². The monoisotopic (exact) mass is 408 g/mol. The van der Waals surface area contributed by atoms with Crippen molar-refractivity contribution in [2.45, 2.75) is 38.2 Å². The van der Waals surface area contributed by atoms with Gasteiger partial charge in [0.05, 0.1) is 12.1 Å². The minimum absolute atomic E-state index is 0.0422. The minimum Gasteiger partial charge on any atom is -0.481 e. The lowest BCUT2D eigenvalue weighted by Crippen LogP contribution is -2.50. The maximum Gasteiger partial charge on any atom is 0.411 e. The van der Waals surface area contributed by atoms with Crippen molar-refractivity contribution < 1.29 is 19.4 Å². The molecule has 2 aromatic rings. The Kier molecular flexibility index (Phi) is 6.04. The third-order valence-electron chi connectivity index (χ3n) is 6.40. The van der Waals surface area contributed by atoms with E-state index < -0.39 is 12.1 Å². The Hall–Kier alpha value is -2.86. The van der Waals surface area contributed by atoms with E-state index >= 15 is 0 Å². The summed E-state index contributed by atoms with van der Waals surface area (Å²) in [5.74, 6) is -0.743. The zero-order valence-corrected chi connectivity index (χ0v) is 17.0. The number of benzene rings is 2. The third-order valence-corrected chi connectivity index (χ3v) is 6.40. The standard InChI is InChI=1S/C24H28N2O4/c27-22(28)10-13-26-14-11-24(12-15-26)16-19(17-24)30-23(29)25-21-9-5-4-8-20(21)18-6-2-1-3-7-18/h1-9,19H,10-17H2,(H,25,29)(H,27,28). The SMILES string of the molecule is O=C(O)CCN1CCC2(CC1)CC(OC(=O)Nc1ccccc1-c1ccccc1)C2. The third kappa shape index (κ3) is 4.82. The van der Waals surface area contributed by atoms with Crippen LogP contribution in [0.25, 0.3) is 11.1 Å². The zero-order valence-electron chi connectivity index (χ0n) is 17.0. The summed E-state index contributed by atoms with van der Waals surface area (Å²) in [5, 5.41) is 11.7. The topological polar surface area (TPSA) is 78.9 Å². The van der Waals surface area contributed by atoms with E-state index in [1.807, 2.05) is 54.6 Å². The van der Waals surface area contributed by atoms with Crippen LogP contribution in [-0.4, -0.2) is 47.8 Å². The predicted octanol–water partition coefficient (Wildman–Crippen LogP) is 4.62. The summed E-state index contributed by atoms with van der Waals surface area (Å²) in [6, 6.07) is 17.7. The molecule has 0 atom stereocenters. The molecule has 2 aromatic carbocycles. The van der Waals surface area contributed by atoms with Gasteiger partial charge in [0.15, 0.2) is 0 Å². The van der Waals surface area contributed by atoms with Crippen LogP contribution in [0.2, 0.25) is 0 Å². The molecule has 1 aliphatic heterocycles. The van der Waals surface area contributed by atoms with Crippen molar-refractivity contribution in [3.05, 3.63) is 54.6 Å². The fraction of sp³-hybridized carbons (Fsp3) is 0.417. The zero-order chi connectivity index (χ0) is 21.0. The van der Waals surface area contributed by atoms with Crippen LogP contribution < -0.4 is 5.32 Å². The molecule has 2 fully saturated rings. The molecule has 6 heteroatoms. The van der Waals surface area contributed by atoms with Crippen molar-refractivity contribution in [1.29, 1.82) is 0 Å². The predicted molar refractivity (Wildman–Crippen MR) is 115 cm³/mol. The lowest BCUT2D eigenvalue weighted by molar-refractivity contribution is -0.137. The Morgan fingerprint density at radius 2 is 1.70 bits per heavy atom. The number of hydrogen-bond acceptors (Lipinski definition) is 4. The number of nitrogens with zero attached hydrogens (tertiary/aromatic N) is 1. The Morgan fingerprint density at radius 3 is 2.40 bits per heavy atom. The molecule has 0 unspecified atom stereocenters. The minimum atomic E-state index is -0.743. The van der Waals surface area contributed by atoms with Gasteiger partial charge in [-0.2, -0.15) is 0 Å². The molecule has 1 aliphatic carbocycles. The maximum atomic E-state index is 12.5. The van der Waals surface area contributed by atoms with Gasteiger partial charge in [0.2, 0.25) is 0 Å². The van der Waals surface area contributed by atoms with Crippen molar-refractivity contribution in [2.24, 2.45) is 5.41 Å². The van der Waals surface area contributed by atoms with Crippen LogP contribution >= 0.6 is 0 Å². The highest BCUT2D eigenvalue weighted by atomic mass is 16.6. The number of nitrogens with one attached hydrogen (secondary N) is 1. The molecule has 2 aliphatic rings. The summed E-state index contributed by atoms with van der Waals surface area (Å²) in [6.07, 6.45) is 3.64. The van der Waals surface area contributed by atoms with E-state index in [-0.39, 0.29) is 17.9 Å². The number of anilines is 1. The van der Waals surface area contributed by atoms with Gasteiger partial charge in [-0.05, 0) is 55.8 Å². The van der Waals surface area contributed by atoms with E-state index in [4.69, 9.17) is 9.84 Å². The van der Waals surface area contributed by atoms with E-state index in [2.05, 4.69) is 10.2 Å². The number of ether oxygens (including phenoxy) is 1. The summed E-state index contributed by atoms with van der Waals surface area (Å²) in [4.78, 5) is 25.4. The van der Waals surface area contributed by atoms with E-state index in [0.717, 1.165) is 55.6 Å². The molecule has 4 rings (SSSR count). The first-order chi connectivity index (χ1) is 14.5. The molecule has 1 saturated carbocycles. The van der Waals surface area contributed by atoms with Gasteiger partial charge in [0, 0.05) is 12.1 Å². The van der Waals surface area contributed by atoms with Crippen LogP contribution in [-0.2, 0) is 9.53 Å². The number of likely N-dealkylation sites (tertiary alicyclic amines) is 1. The molecule has 6 nitrogen and oxygen atoms in total. The summed E-state index contributed by atoms with van der Waals surface area (Å²) < 4.78 is 5.67. The molecular weight excluding hydrogens is 380 g/mol. The first-order valence-corrected chi connectivity index (χ1v) is 10.6. The molecule has 0 aromatic heterocycles. The second-order valence-corrected chi connectivity index (χ2v) is 8.46. The molecule has 1 saturated heterocycles. The second-order valence-electron chi connectivity index (χ2n) is 8.46. The fourth-order valence-electron chi connectivity index (χ4n) is 4.65. The van der Waals surface area contributed by atoms with Gasteiger partial charge in [0.25, 0.3) is 0 Å². The van der Waals surface area contributed by atoms with E-state index in [1.54, 1.807) is 0 Å². The molecule has 1 heterocycles. The molecule has 0 bridgehead atoms. The number of hydrogen-bond donors (Lipinski definition) is 2. The van der Waals surface area contributed by atoms with Gasteiger partial charge in [-0.3, -0.25) is 10.1 Å². The quantitative estimate of drug-likeness (QED) is 0.729. The second kappa shape index (κ2) is 8.88. The molecule has 2 N–H and O–H groups in total. The lowest BCUT2D eigenvalue weighted by atomic mass is 9.61.